The third-order valence-electron chi connectivity index (χ3n) is 13.2. The molecule has 0 aliphatic rings. The first kappa shape index (κ1) is 46.1. The van der Waals surface area contributed by atoms with Gasteiger partial charge in [-0.25, -0.2) is 43.2 Å². The zero-order valence-electron chi connectivity index (χ0n) is 39.2. The minimum atomic E-state index is 0. The van der Waals surface area contributed by atoms with Crippen LogP contribution in [0.4, 0.5) is 0 Å². The summed E-state index contributed by atoms with van der Waals surface area (Å²) in [6.07, 6.45) is 7.20. The van der Waals surface area contributed by atoms with Crippen molar-refractivity contribution in [3.8, 4) is 90.1 Å². The number of hydrogen-bond acceptors (Lipinski definition) is 6. The van der Waals surface area contributed by atoms with E-state index in [2.05, 4.69) is 148 Å². The van der Waals surface area contributed by atoms with Gasteiger partial charge in [-0.15, -0.1) is 0 Å². The molecule has 0 amide bonds. The molecule has 0 saturated carbocycles. The van der Waals surface area contributed by atoms with Gasteiger partial charge in [0.15, 0.2) is 0 Å². The second-order valence-electron chi connectivity index (χ2n) is 17.0. The predicted molar refractivity (Wildman–Crippen MR) is 272 cm³/mol. The summed E-state index contributed by atoms with van der Waals surface area (Å²) in [5, 5.41) is 0. The van der Waals surface area contributed by atoms with E-state index in [1.807, 2.05) is 72.8 Å². The second kappa shape index (κ2) is 20.0. The summed E-state index contributed by atoms with van der Waals surface area (Å²) in [6, 6.07) is 49.7. The molecule has 0 bridgehead atoms. The molecule has 0 radical (unpaired) electrons. The maximum absolute atomic E-state index is 4.88. The Morgan fingerprint density at radius 3 is 1.00 bits per heavy atom. The summed E-state index contributed by atoms with van der Waals surface area (Å²) >= 11 is 0. The molecule has 0 aliphatic heterocycles. The third-order valence-corrected chi connectivity index (χ3v) is 13.2. The Morgan fingerprint density at radius 1 is 0.343 bits per heavy atom. The van der Waals surface area contributed by atoms with E-state index in [0.29, 0.717) is 0 Å². The van der Waals surface area contributed by atoms with Gasteiger partial charge in [0.2, 0.25) is 0 Å². The molecule has 0 unspecified atom stereocenters. The normalized spacial score (nSPS) is 10.9. The molecule has 4 aromatic carbocycles. The van der Waals surface area contributed by atoms with Crippen molar-refractivity contribution in [2.45, 2.75) is 55.4 Å². The standard InChI is InChI=1S/2C30H26N3.Fe/c2*1-19-20(2)22(4)30(21(19)3)24-13-11-23(12-14-24)25-17-28(26-9-5-7-15-31-26)33-29(18-25)27-10-6-8-16-32-27;/h2*5-18H,1-4H3;/q-5;-1;. The average Bonchev–Trinajstić information content (AvgIpc) is 3.70. The van der Waals surface area contributed by atoms with Gasteiger partial charge in [0.25, 0.3) is 0 Å². The number of hydrogen-bond donors (Lipinski definition) is 0. The molecule has 6 heterocycles. The molecule has 10 rings (SSSR count). The summed E-state index contributed by atoms with van der Waals surface area (Å²) < 4.78 is 0. The van der Waals surface area contributed by atoms with Gasteiger partial charge in [0.05, 0.1) is 45.6 Å². The van der Waals surface area contributed by atoms with Crippen LogP contribution in [0.3, 0.4) is 0 Å². The fourth-order valence-corrected chi connectivity index (χ4v) is 8.94. The average molecular weight is 913 g/mol. The van der Waals surface area contributed by atoms with E-state index in [0.717, 1.165) is 67.8 Å². The molecular weight excluding hydrogens is 861 g/mol. The molecule has 10 aromatic rings. The van der Waals surface area contributed by atoms with Gasteiger partial charge >= 0.3 is 0 Å². The van der Waals surface area contributed by atoms with Crippen molar-refractivity contribution in [2.75, 3.05) is 0 Å². The van der Waals surface area contributed by atoms with Gasteiger partial charge in [0, 0.05) is 41.9 Å². The minimum Gasteiger partial charge on any atom is -0.731 e. The van der Waals surface area contributed by atoms with Crippen LogP contribution < -0.4 is 0 Å². The van der Waals surface area contributed by atoms with Crippen molar-refractivity contribution >= 4 is 0 Å². The SMILES string of the molecule is C[c-]1[c-](C)[c-](C)[c-](-c2ccc(-c3cc(-c4ccccn4)nc(-c4ccccn4)c3)cc2)[c-]1C.Cc1c(-c2ccc(-c3cc(-c4ccccn4)nc(-c4ccccn4)c3)cc2)c(C)[c-](C)c1C.[Fe]. The molecule has 0 atom stereocenters. The van der Waals surface area contributed by atoms with Crippen LogP contribution in [0.1, 0.15) is 44.5 Å². The van der Waals surface area contributed by atoms with E-state index in [4.69, 9.17) is 9.97 Å². The Kier molecular flexibility index (Phi) is 13.7. The molecule has 0 aliphatic carbocycles. The third kappa shape index (κ3) is 9.48. The van der Waals surface area contributed by atoms with Gasteiger partial charge in [-0.3, -0.25) is 19.9 Å². The van der Waals surface area contributed by atoms with Crippen LogP contribution in [0.5, 0.6) is 0 Å². The van der Waals surface area contributed by atoms with Gasteiger partial charge in [-0.2, -0.15) is 27.8 Å². The Hall–Kier alpha value is -7.44. The predicted octanol–water partition coefficient (Wildman–Crippen LogP) is 15.0. The van der Waals surface area contributed by atoms with E-state index in [-0.39, 0.29) is 17.1 Å². The van der Waals surface area contributed by atoms with Crippen molar-refractivity contribution in [3.63, 3.8) is 0 Å². The monoisotopic (exact) mass is 912 g/mol. The molecule has 0 N–H and O–H groups in total. The summed E-state index contributed by atoms with van der Waals surface area (Å²) in [4.78, 5) is 27.8. The Balaban J connectivity index is 0.000000179. The summed E-state index contributed by atoms with van der Waals surface area (Å²) in [5.41, 5.74) is 27.5. The zero-order valence-corrected chi connectivity index (χ0v) is 40.3. The van der Waals surface area contributed by atoms with Crippen LogP contribution in [0.25, 0.3) is 90.1 Å². The van der Waals surface area contributed by atoms with E-state index in [1.165, 1.54) is 66.8 Å². The Morgan fingerprint density at radius 2 is 0.687 bits per heavy atom. The molecule has 0 saturated heterocycles. The quantitative estimate of drug-likeness (QED) is 0.112. The summed E-state index contributed by atoms with van der Waals surface area (Å²) in [5.74, 6) is 0. The van der Waals surface area contributed by atoms with Crippen LogP contribution in [0.15, 0.2) is 170 Å². The second-order valence-corrected chi connectivity index (χ2v) is 17.0. The van der Waals surface area contributed by atoms with Gasteiger partial charge in [-0.05, 0) is 95.1 Å². The van der Waals surface area contributed by atoms with Crippen molar-refractivity contribution < 1.29 is 17.1 Å². The van der Waals surface area contributed by atoms with Crippen molar-refractivity contribution in [2.24, 2.45) is 0 Å². The smallest absolute Gasteiger partial charge is 0.0900 e. The zero-order chi connectivity index (χ0) is 45.9. The van der Waals surface area contributed by atoms with Gasteiger partial charge in [0.1, 0.15) is 0 Å². The van der Waals surface area contributed by atoms with Crippen LogP contribution >= 0.6 is 0 Å². The number of benzene rings is 2. The van der Waals surface area contributed by atoms with Crippen molar-refractivity contribution in [1.29, 1.82) is 0 Å². The number of aromatic nitrogens is 6. The number of pyridine rings is 6. The summed E-state index contributed by atoms with van der Waals surface area (Å²) in [6.45, 7) is 17.7. The largest absolute Gasteiger partial charge is 0.731 e. The molecule has 0 spiro atoms. The van der Waals surface area contributed by atoms with Gasteiger partial charge in [-0.1, -0.05) is 106 Å². The first-order valence-electron chi connectivity index (χ1n) is 22.4. The van der Waals surface area contributed by atoms with E-state index in [9.17, 15) is 0 Å². The maximum Gasteiger partial charge on any atom is 0.0900 e. The first-order chi connectivity index (χ1) is 32.0. The molecule has 0 fully saturated rings. The van der Waals surface area contributed by atoms with Crippen LogP contribution in [0, 0.1) is 55.4 Å². The maximum atomic E-state index is 4.88. The van der Waals surface area contributed by atoms with E-state index in [1.54, 1.807) is 24.8 Å². The fraction of sp³-hybridized carbons (Fsp3) is 0.133. The van der Waals surface area contributed by atoms with Crippen molar-refractivity contribution in [3.05, 3.63) is 215 Å². The summed E-state index contributed by atoms with van der Waals surface area (Å²) in [7, 11) is 0. The van der Waals surface area contributed by atoms with E-state index >= 15 is 0 Å². The number of rotatable bonds is 8. The van der Waals surface area contributed by atoms with Crippen LogP contribution in [-0.4, -0.2) is 29.9 Å². The van der Waals surface area contributed by atoms with Gasteiger partial charge < -0.3 is 27.8 Å². The minimum absolute atomic E-state index is 0. The van der Waals surface area contributed by atoms with Crippen LogP contribution in [-0.2, 0) is 17.1 Å². The molecule has 6 nitrogen and oxygen atoms in total. The number of nitrogens with zero attached hydrogens (tertiary/aromatic N) is 6. The molecule has 7 heteroatoms. The Bertz CT molecular complexity index is 2890. The molecular formula is C60H52FeN6-6. The molecule has 6 aromatic heterocycles. The van der Waals surface area contributed by atoms with E-state index < -0.39 is 0 Å². The molecule has 336 valence electrons. The fourth-order valence-electron chi connectivity index (χ4n) is 8.94. The molecule has 67 heavy (non-hydrogen) atoms. The Labute approximate surface area is 405 Å². The van der Waals surface area contributed by atoms with Crippen LogP contribution in [0.2, 0.25) is 0 Å². The van der Waals surface area contributed by atoms with Crippen molar-refractivity contribution in [1.82, 2.24) is 29.9 Å². The first-order valence-corrected chi connectivity index (χ1v) is 22.4. The topological polar surface area (TPSA) is 77.3 Å².